The minimum Gasteiger partial charge on any atom is -0.298 e. The summed E-state index contributed by atoms with van der Waals surface area (Å²) in [6, 6.07) is 3.86. The zero-order chi connectivity index (χ0) is 11.6. The van der Waals surface area contributed by atoms with Crippen LogP contribution in [-0.2, 0) is 9.05 Å². The summed E-state index contributed by atoms with van der Waals surface area (Å²) in [7, 11) is 1.02. The van der Waals surface area contributed by atoms with Gasteiger partial charge in [0.15, 0.2) is 6.29 Å². The van der Waals surface area contributed by atoms with Crippen molar-refractivity contribution in [3.8, 4) is 6.07 Å². The fourth-order valence-electron chi connectivity index (χ4n) is 1.01. The predicted molar refractivity (Wildman–Crippen MR) is 54.6 cm³/mol. The van der Waals surface area contributed by atoms with Crippen molar-refractivity contribution in [2.75, 3.05) is 0 Å². The first kappa shape index (κ1) is 12.0. The van der Waals surface area contributed by atoms with Crippen molar-refractivity contribution in [1.82, 2.24) is 0 Å². The summed E-state index contributed by atoms with van der Waals surface area (Å²) in [6.45, 7) is 0. The third-order valence-corrected chi connectivity index (χ3v) is 3.34. The van der Waals surface area contributed by atoms with Crippen LogP contribution in [0.5, 0.6) is 0 Å². The van der Waals surface area contributed by atoms with E-state index in [2.05, 4.69) is 0 Å². The second kappa shape index (κ2) is 4.19. The van der Waals surface area contributed by atoms with Gasteiger partial charge in [-0.3, -0.25) is 4.79 Å². The van der Waals surface area contributed by atoms with Gasteiger partial charge in [0.05, 0.1) is 16.1 Å². The third kappa shape index (κ3) is 2.29. The van der Waals surface area contributed by atoms with Gasteiger partial charge in [0, 0.05) is 10.7 Å². The third-order valence-electron chi connectivity index (χ3n) is 1.65. The summed E-state index contributed by atoms with van der Waals surface area (Å²) in [4.78, 5) is 10.2. The van der Waals surface area contributed by atoms with E-state index in [0.717, 1.165) is 6.07 Å². The SMILES string of the molecule is N#Cc1c(S(=O)(=O)Cl)ccc(Cl)c1C=O. The number of carbonyl (C=O) groups is 1. The van der Waals surface area contributed by atoms with Gasteiger partial charge in [0.1, 0.15) is 11.0 Å². The average Bonchev–Trinajstić information content (AvgIpc) is 2.15. The molecule has 0 aliphatic heterocycles. The number of aldehydes is 1. The quantitative estimate of drug-likeness (QED) is 0.604. The highest BCUT2D eigenvalue weighted by molar-refractivity contribution is 8.13. The van der Waals surface area contributed by atoms with Crippen molar-refractivity contribution in [2.45, 2.75) is 4.90 Å². The zero-order valence-electron chi connectivity index (χ0n) is 7.07. The molecule has 0 radical (unpaired) electrons. The number of halogens is 2. The van der Waals surface area contributed by atoms with Gasteiger partial charge < -0.3 is 0 Å². The molecule has 0 atom stereocenters. The molecule has 0 aliphatic rings. The molecule has 0 saturated carbocycles. The van der Waals surface area contributed by atoms with E-state index in [0.29, 0.717) is 6.29 Å². The molecule has 1 rings (SSSR count). The van der Waals surface area contributed by atoms with Gasteiger partial charge in [0.2, 0.25) is 0 Å². The highest BCUT2D eigenvalue weighted by Crippen LogP contribution is 2.26. The Bertz CT molecular complexity index is 560. The van der Waals surface area contributed by atoms with Crippen molar-refractivity contribution in [3.05, 3.63) is 28.3 Å². The minimum atomic E-state index is -4.06. The molecule has 78 valence electrons. The maximum Gasteiger partial charge on any atom is 0.262 e. The van der Waals surface area contributed by atoms with Crippen LogP contribution in [0.4, 0.5) is 0 Å². The number of benzene rings is 1. The molecule has 0 fully saturated rings. The lowest BCUT2D eigenvalue weighted by molar-refractivity contribution is 0.112. The predicted octanol–water partition coefficient (Wildman–Crippen LogP) is 1.95. The van der Waals surface area contributed by atoms with Crippen LogP contribution in [0.15, 0.2) is 17.0 Å². The molecular weight excluding hydrogens is 261 g/mol. The van der Waals surface area contributed by atoms with Gasteiger partial charge >= 0.3 is 0 Å². The number of rotatable bonds is 2. The Balaban J connectivity index is 3.74. The number of hydrogen-bond donors (Lipinski definition) is 0. The number of nitriles is 1. The van der Waals surface area contributed by atoms with E-state index in [4.69, 9.17) is 27.5 Å². The van der Waals surface area contributed by atoms with Crippen molar-refractivity contribution in [2.24, 2.45) is 0 Å². The zero-order valence-corrected chi connectivity index (χ0v) is 9.40. The molecule has 0 spiro atoms. The maximum absolute atomic E-state index is 11.0. The van der Waals surface area contributed by atoms with Crippen LogP contribution >= 0.6 is 22.3 Å². The molecule has 1 aromatic rings. The van der Waals surface area contributed by atoms with Crippen molar-refractivity contribution in [3.63, 3.8) is 0 Å². The fraction of sp³-hybridized carbons (Fsp3) is 0. The maximum atomic E-state index is 11.0. The topological polar surface area (TPSA) is 75.0 Å². The van der Waals surface area contributed by atoms with E-state index in [1.165, 1.54) is 6.07 Å². The highest BCUT2D eigenvalue weighted by atomic mass is 35.7. The van der Waals surface area contributed by atoms with Gasteiger partial charge in [0.25, 0.3) is 9.05 Å². The summed E-state index contributed by atoms with van der Waals surface area (Å²) in [5.74, 6) is 0. The standard InChI is InChI=1S/C8H3Cl2NO3S/c9-7-1-2-8(15(10,13)14)5(3-11)6(7)4-12/h1-2,4H. The molecule has 0 amide bonds. The van der Waals surface area contributed by atoms with E-state index >= 15 is 0 Å². The molecule has 1 aromatic carbocycles. The number of nitrogens with zero attached hydrogens (tertiary/aromatic N) is 1. The van der Waals surface area contributed by atoms with Gasteiger partial charge in [-0.05, 0) is 12.1 Å². The van der Waals surface area contributed by atoms with Crippen molar-refractivity contribution < 1.29 is 13.2 Å². The highest BCUT2D eigenvalue weighted by Gasteiger charge is 2.20. The number of carbonyl (C=O) groups excluding carboxylic acids is 1. The lowest BCUT2D eigenvalue weighted by Crippen LogP contribution is -1.99. The molecule has 0 aromatic heterocycles. The average molecular weight is 264 g/mol. The van der Waals surface area contributed by atoms with Crippen LogP contribution in [0.25, 0.3) is 0 Å². The van der Waals surface area contributed by atoms with Gasteiger partial charge in [-0.2, -0.15) is 5.26 Å². The van der Waals surface area contributed by atoms with Crippen LogP contribution in [0.1, 0.15) is 15.9 Å². The molecule has 15 heavy (non-hydrogen) atoms. The Morgan fingerprint density at radius 2 is 2.00 bits per heavy atom. The second-order valence-corrected chi connectivity index (χ2v) is 5.44. The van der Waals surface area contributed by atoms with Crippen LogP contribution < -0.4 is 0 Å². The Hall–Kier alpha value is -1.09. The summed E-state index contributed by atoms with van der Waals surface area (Å²) in [5.41, 5.74) is -0.520. The number of hydrogen-bond acceptors (Lipinski definition) is 4. The van der Waals surface area contributed by atoms with Crippen molar-refractivity contribution in [1.29, 1.82) is 5.26 Å². The Morgan fingerprint density at radius 1 is 1.40 bits per heavy atom. The first-order valence-corrected chi connectivity index (χ1v) is 6.23. The lowest BCUT2D eigenvalue weighted by Gasteiger charge is -2.03. The van der Waals surface area contributed by atoms with E-state index in [1.54, 1.807) is 6.07 Å². The van der Waals surface area contributed by atoms with Crippen molar-refractivity contribution >= 4 is 37.6 Å². The van der Waals surface area contributed by atoms with E-state index in [-0.39, 0.29) is 16.1 Å². The van der Waals surface area contributed by atoms with E-state index < -0.39 is 13.9 Å². The normalized spacial score (nSPS) is 10.7. The minimum absolute atomic E-state index is 0.00520. The molecule has 0 aliphatic carbocycles. The molecule has 7 heteroatoms. The van der Waals surface area contributed by atoms with E-state index in [1.807, 2.05) is 0 Å². The molecular formula is C8H3Cl2NO3S. The first-order chi connectivity index (χ1) is 6.91. The largest absolute Gasteiger partial charge is 0.298 e. The molecule has 0 unspecified atom stereocenters. The smallest absolute Gasteiger partial charge is 0.262 e. The Labute approximate surface area is 95.5 Å². The molecule has 4 nitrogen and oxygen atoms in total. The van der Waals surface area contributed by atoms with E-state index in [9.17, 15) is 13.2 Å². The second-order valence-electron chi connectivity index (χ2n) is 2.50. The summed E-state index contributed by atoms with van der Waals surface area (Å²) in [6.07, 6.45) is 0.312. The Kier molecular flexibility index (Phi) is 3.35. The van der Waals surface area contributed by atoms with Crippen LogP contribution in [0.2, 0.25) is 5.02 Å². The molecule has 0 N–H and O–H groups in total. The molecule has 0 saturated heterocycles. The Morgan fingerprint density at radius 3 is 2.40 bits per heavy atom. The first-order valence-electron chi connectivity index (χ1n) is 3.54. The molecule has 0 heterocycles. The van der Waals surface area contributed by atoms with Crippen LogP contribution in [0, 0.1) is 11.3 Å². The van der Waals surface area contributed by atoms with Crippen LogP contribution in [-0.4, -0.2) is 14.7 Å². The lowest BCUT2D eigenvalue weighted by atomic mass is 10.1. The summed E-state index contributed by atoms with van der Waals surface area (Å²) in [5, 5.41) is 8.73. The van der Waals surface area contributed by atoms with Gasteiger partial charge in [-0.15, -0.1) is 0 Å². The van der Waals surface area contributed by atoms with Gasteiger partial charge in [-0.1, -0.05) is 11.6 Å². The summed E-state index contributed by atoms with van der Waals surface area (Å²) < 4.78 is 22.1. The van der Waals surface area contributed by atoms with Gasteiger partial charge in [-0.25, -0.2) is 8.42 Å². The monoisotopic (exact) mass is 263 g/mol. The summed E-state index contributed by atoms with van der Waals surface area (Å²) >= 11 is 5.61. The fourth-order valence-corrected chi connectivity index (χ4v) is 2.23. The molecule has 0 bridgehead atoms. The van der Waals surface area contributed by atoms with Crippen LogP contribution in [0.3, 0.4) is 0 Å².